The van der Waals surface area contributed by atoms with Crippen LogP contribution < -0.4 is 4.74 Å². The van der Waals surface area contributed by atoms with Crippen LogP contribution in [0.5, 0.6) is 5.75 Å². The molecule has 1 saturated heterocycles. The molecule has 1 aliphatic heterocycles. The lowest BCUT2D eigenvalue weighted by atomic mass is 10.2. The number of hydrogen-bond acceptors (Lipinski definition) is 4. The molecule has 2 rings (SSSR count). The second-order valence-corrected chi connectivity index (χ2v) is 8.32. The van der Waals surface area contributed by atoms with Crippen molar-refractivity contribution < 1.29 is 17.9 Å². The number of amides is 1. The standard InChI is InChI=1S/C18H28N2O4S/c1-3-14-24-17-8-6-16(7-9-17)18(21)19-10-5-11-20(13-12-19)25(22,23)15-4-2/h6-9H,3-5,10-15H2,1-2H3. The average molecular weight is 368 g/mol. The van der Waals surface area contributed by atoms with Gasteiger partial charge in [-0.2, -0.15) is 0 Å². The van der Waals surface area contributed by atoms with E-state index in [9.17, 15) is 13.2 Å². The van der Waals surface area contributed by atoms with Crippen molar-refractivity contribution in [3.8, 4) is 5.75 Å². The van der Waals surface area contributed by atoms with Crippen LogP contribution in [0.3, 0.4) is 0 Å². The zero-order chi connectivity index (χ0) is 18.3. The monoisotopic (exact) mass is 368 g/mol. The first-order chi connectivity index (χ1) is 12.0. The van der Waals surface area contributed by atoms with E-state index in [4.69, 9.17) is 4.74 Å². The molecular formula is C18H28N2O4S. The lowest BCUT2D eigenvalue weighted by Crippen LogP contribution is -2.38. The summed E-state index contributed by atoms with van der Waals surface area (Å²) in [5, 5.41) is 0. The molecule has 1 amide bonds. The number of benzene rings is 1. The van der Waals surface area contributed by atoms with Crippen LogP contribution in [-0.4, -0.2) is 62.1 Å². The zero-order valence-electron chi connectivity index (χ0n) is 15.1. The lowest BCUT2D eigenvalue weighted by Gasteiger charge is -2.22. The summed E-state index contributed by atoms with van der Waals surface area (Å²) in [7, 11) is -3.21. The van der Waals surface area contributed by atoms with E-state index < -0.39 is 10.0 Å². The van der Waals surface area contributed by atoms with Gasteiger partial charge >= 0.3 is 0 Å². The molecule has 0 bridgehead atoms. The Morgan fingerprint density at radius 3 is 2.40 bits per heavy atom. The van der Waals surface area contributed by atoms with Crippen LogP contribution in [0.25, 0.3) is 0 Å². The van der Waals surface area contributed by atoms with Crippen LogP contribution in [-0.2, 0) is 10.0 Å². The lowest BCUT2D eigenvalue weighted by molar-refractivity contribution is 0.0764. The summed E-state index contributed by atoms with van der Waals surface area (Å²) in [5.41, 5.74) is 0.605. The Hall–Kier alpha value is -1.60. The van der Waals surface area contributed by atoms with Crippen molar-refractivity contribution in [3.05, 3.63) is 29.8 Å². The van der Waals surface area contributed by atoms with Gasteiger partial charge in [0.05, 0.1) is 12.4 Å². The van der Waals surface area contributed by atoms with Gasteiger partial charge in [-0.1, -0.05) is 13.8 Å². The molecule has 0 aromatic heterocycles. The van der Waals surface area contributed by atoms with E-state index in [2.05, 4.69) is 0 Å². The Labute approximate surface area is 150 Å². The van der Waals surface area contributed by atoms with Crippen LogP contribution in [0.15, 0.2) is 24.3 Å². The number of rotatable bonds is 7. The summed E-state index contributed by atoms with van der Waals surface area (Å²) < 4.78 is 31.5. The highest BCUT2D eigenvalue weighted by molar-refractivity contribution is 7.89. The molecule has 1 aromatic carbocycles. The third kappa shape index (κ3) is 5.44. The van der Waals surface area contributed by atoms with Crippen LogP contribution >= 0.6 is 0 Å². The molecule has 1 fully saturated rings. The van der Waals surface area contributed by atoms with Crippen molar-refractivity contribution in [1.29, 1.82) is 0 Å². The maximum absolute atomic E-state index is 12.7. The molecule has 0 radical (unpaired) electrons. The number of carbonyl (C=O) groups excluding carboxylic acids is 1. The maximum Gasteiger partial charge on any atom is 0.253 e. The fourth-order valence-corrected chi connectivity index (χ4v) is 4.40. The molecule has 0 saturated carbocycles. The molecule has 0 unspecified atom stereocenters. The highest BCUT2D eigenvalue weighted by Crippen LogP contribution is 2.16. The van der Waals surface area contributed by atoms with Gasteiger partial charge in [0.2, 0.25) is 10.0 Å². The average Bonchev–Trinajstić information content (AvgIpc) is 2.86. The largest absolute Gasteiger partial charge is 0.494 e. The van der Waals surface area contributed by atoms with Gasteiger partial charge in [-0.25, -0.2) is 12.7 Å². The van der Waals surface area contributed by atoms with Crippen LogP contribution in [0.2, 0.25) is 0 Å². The molecule has 0 spiro atoms. The normalized spacial score (nSPS) is 16.5. The summed E-state index contributed by atoms with van der Waals surface area (Å²) >= 11 is 0. The SMILES string of the molecule is CCCOc1ccc(C(=O)N2CCCN(S(=O)(=O)CCC)CC2)cc1. The Morgan fingerprint density at radius 1 is 1.04 bits per heavy atom. The molecule has 0 N–H and O–H groups in total. The molecule has 1 heterocycles. The van der Waals surface area contributed by atoms with E-state index in [-0.39, 0.29) is 11.7 Å². The Bertz CT molecular complexity index is 658. The van der Waals surface area contributed by atoms with Crippen molar-refractivity contribution in [2.45, 2.75) is 33.1 Å². The minimum atomic E-state index is -3.21. The Balaban J connectivity index is 1.98. The second-order valence-electron chi connectivity index (χ2n) is 6.23. The number of hydrogen-bond donors (Lipinski definition) is 0. The van der Waals surface area contributed by atoms with Gasteiger partial charge in [0, 0.05) is 31.7 Å². The van der Waals surface area contributed by atoms with Gasteiger partial charge < -0.3 is 9.64 Å². The van der Waals surface area contributed by atoms with Gasteiger partial charge in [-0.3, -0.25) is 4.79 Å². The van der Waals surface area contributed by atoms with E-state index in [1.165, 1.54) is 4.31 Å². The number of ether oxygens (including phenoxy) is 1. The van der Waals surface area contributed by atoms with Gasteiger partial charge in [-0.05, 0) is 43.5 Å². The number of carbonyl (C=O) groups is 1. The van der Waals surface area contributed by atoms with Gasteiger partial charge in [0.15, 0.2) is 0 Å². The van der Waals surface area contributed by atoms with E-state index in [1.807, 2.05) is 13.8 Å². The zero-order valence-corrected chi connectivity index (χ0v) is 15.9. The summed E-state index contributed by atoms with van der Waals surface area (Å²) in [4.78, 5) is 14.4. The summed E-state index contributed by atoms with van der Waals surface area (Å²) in [5.74, 6) is 0.864. The molecule has 0 aliphatic carbocycles. The highest BCUT2D eigenvalue weighted by Gasteiger charge is 2.26. The molecular weight excluding hydrogens is 340 g/mol. The smallest absolute Gasteiger partial charge is 0.253 e. The predicted octanol–water partition coefficient (Wildman–Crippen LogP) is 2.36. The molecule has 7 heteroatoms. The van der Waals surface area contributed by atoms with Crippen molar-refractivity contribution in [3.63, 3.8) is 0 Å². The minimum Gasteiger partial charge on any atom is -0.494 e. The predicted molar refractivity (Wildman–Crippen MR) is 98.4 cm³/mol. The fourth-order valence-electron chi connectivity index (χ4n) is 2.86. The van der Waals surface area contributed by atoms with Crippen LogP contribution in [0, 0.1) is 0 Å². The molecule has 6 nitrogen and oxygen atoms in total. The number of sulfonamides is 1. The first kappa shape index (κ1) is 19.7. The third-order valence-corrected chi connectivity index (χ3v) is 6.25. The topological polar surface area (TPSA) is 66.9 Å². The molecule has 25 heavy (non-hydrogen) atoms. The molecule has 1 aromatic rings. The molecule has 0 atom stereocenters. The Kier molecular flexibility index (Phi) is 7.25. The summed E-state index contributed by atoms with van der Waals surface area (Å²) in [6.45, 7) is 6.41. The number of nitrogens with zero attached hydrogens (tertiary/aromatic N) is 2. The van der Waals surface area contributed by atoms with Crippen molar-refractivity contribution in [2.24, 2.45) is 0 Å². The fraction of sp³-hybridized carbons (Fsp3) is 0.611. The second kappa shape index (κ2) is 9.20. The molecule has 140 valence electrons. The molecule has 1 aliphatic rings. The minimum absolute atomic E-state index is 0.0585. The summed E-state index contributed by atoms with van der Waals surface area (Å²) in [6.07, 6.45) is 2.20. The first-order valence-electron chi connectivity index (χ1n) is 8.98. The van der Waals surface area contributed by atoms with Gasteiger partial charge in [0.1, 0.15) is 5.75 Å². The Morgan fingerprint density at radius 2 is 1.76 bits per heavy atom. The first-order valence-corrected chi connectivity index (χ1v) is 10.6. The van der Waals surface area contributed by atoms with Crippen LogP contribution in [0.1, 0.15) is 43.5 Å². The van der Waals surface area contributed by atoms with Crippen molar-refractivity contribution in [1.82, 2.24) is 9.21 Å². The quantitative estimate of drug-likeness (QED) is 0.741. The summed E-state index contributed by atoms with van der Waals surface area (Å²) in [6, 6.07) is 7.14. The van der Waals surface area contributed by atoms with Gasteiger partial charge in [0.25, 0.3) is 5.91 Å². The maximum atomic E-state index is 12.7. The van der Waals surface area contributed by atoms with Crippen molar-refractivity contribution in [2.75, 3.05) is 38.5 Å². The van der Waals surface area contributed by atoms with E-state index in [1.54, 1.807) is 29.2 Å². The van der Waals surface area contributed by atoms with E-state index in [0.717, 1.165) is 12.2 Å². The van der Waals surface area contributed by atoms with Crippen LogP contribution in [0.4, 0.5) is 0 Å². The third-order valence-electron chi connectivity index (χ3n) is 4.17. The highest BCUT2D eigenvalue weighted by atomic mass is 32.2. The van der Waals surface area contributed by atoms with Gasteiger partial charge in [-0.15, -0.1) is 0 Å². The van der Waals surface area contributed by atoms with Crippen molar-refractivity contribution >= 4 is 15.9 Å². The van der Waals surface area contributed by atoms with E-state index >= 15 is 0 Å². The van der Waals surface area contributed by atoms with E-state index in [0.29, 0.717) is 51.2 Å².